The minimum Gasteiger partial charge on any atom is -0.273 e. The van der Waals surface area contributed by atoms with E-state index < -0.39 is 0 Å². The van der Waals surface area contributed by atoms with Crippen LogP contribution in [0, 0.1) is 0 Å². The van der Waals surface area contributed by atoms with Gasteiger partial charge in [-0.15, -0.1) is 0 Å². The Hall–Kier alpha value is -3.24. The quantitative estimate of drug-likeness (QED) is 0.259. The highest BCUT2D eigenvalue weighted by Crippen LogP contribution is 2.35. The van der Waals surface area contributed by atoms with Gasteiger partial charge in [-0.25, -0.2) is 15.8 Å². The lowest BCUT2D eigenvalue weighted by molar-refractivity contribution is -0.116. The van der Waals surface area contributed by atoms with E-state index in [1.54, 1.807) is 0 Å². The first kappa shape index (κ1) is 15.3. The molecule has 1 heterocycles. The number of fused-ring (bicyclic) bond motifs is 2. The van der Waals surface area contributed by atoms with Gasteiger partial charge < -0.3 is 0 Å². The van der Waals surface area contributed by atoms with Gasteiger partial charge in [-0.3, -0.25) is 4.79 Å². The SMILES string of the molecule is CC(=O)N(N)c1ccc(-c2c3ccccc3nc3ccccc23)cc1. The summed E-state index contributed by atoms with van der Waals surface area (Å²) in [6.07, 6.45) is 0. The van der Waals surface area contributed by atoms with E-state index in [9.17, 15) is 4.79 Å². The first-order valence-corrected chi connectivity index (χ1v) is 8.08. The molecule has 0 atom stereocenters. The molecule has 0 aliphatic rings. The van der Waals surface area contributed by atoms with Crippen LogP contribution in [0.3, 0.4) is 0 Å². The number of rotatable bonds is 2. The van der Waals surface area contributed by atoms with Crippen molar-refractivity contribution in [2.75, 3.05) is 5.01 Å². The number of hydrogen-bond acceptors (Lipinski definition) is 3. The molecule has 0 radical (unpaired) electrons. The predicted octanol–water partition coefficient (Wildman–Crippen LogP) is 4.28. The van der Waals surface area contributed by atoms with Crippen LogP contribution in [0.2, 0.25) is 0 Å². The lowest BCUT2D eigenvalue weighted by Crippen LogP contribution is -2.35. The molecule has 0 spiro atoms. The summed E-state index contributed by atoms with van der Waals surface area (Å²) in [6, 6.07) is 24.0. The molecule has 25 heavy (non-hydrogen) atoms. The van der Waals surface area contributed by atoms with Crippen molar-refractivity contribution >= 4 is 33.4 Å². The fourth-order valence-corrected chi connectivity index (χ4v) is 3.12. The van der Waals surface area contributed by atoms with Gasteiger partial charge in [0.15, 0.2) is 0 Å². The van der Waals surface area contributed by atoms with Gasteiger partial charge in [-0.2, -0.15) is 0 Å². The Labute approximate surface area is 145 Å². The van der Waals surface area contributed by atoms with Crippen LogP contribution in [0.25, 0.3) is 32.9 Å². The Bertz CT molecular complexity index is 1030. The average molecular weight is 327 g/mol. The molecule has 0 aliphatic carbocycles. The van der Waals surface area contributed by atoms with Crippen LogP contribution >= 0.6 is 0 Å². The molecule has 0 aliphatic heterocycles. The minimum absolute atomic E-state index is 0.201. The van der Waals surface area contributed by atoms with Crippen LogP contribution < -0.4 is 10.9 Å². The van der Waals surface area contributed by atoms with Crippen molar-refractivity contribution in [2.24, 2.45) is 5.84 Å². The Morgan fingerprint density at radius 1 is 0.840 bits per heavy atom. The molecule has 0 saturated carbocycles. The van der Waals surface area contributed by atoms with Gasteiger partial charge >= 0.3 is 0 Å². The fourth-order valence-electron chi connectivity index (χ4n) is 3.12. The van der Waals surface area contributed by atoms with Crippen molar-refractivity contribution in [3.05, 3.63) is 72.8 Å². The second-order valence-corrected chi connectivity index (χ2v) is 5.96. The van der Waals surface area contributed by atoms with Crippen molar-refractivity contribution in [3.8, 4) is 11.1 Å². The van der Waals surface area contributed by atoms with E-state index in [0.29, 0.717) is 5.69 Å². The Morgan fingerprint density at radius 2 is 1.36 bits per heavy atom. The number of pyridine rings is 1. The molecule has 0 saturated heterocycles. The van der Waals surface area contributed by atoms with Crippen LogP contribution in [-0.4, -0.2) is 10.9 Å². The summed E-state index contributed by atoms with van der Waals surface area (Å²) in [7, 11) is 0. The van der Waals surface area contributed by atoms with E-state index in [0.717, 1.165) is 37.9 Å². The highest BCUT2D eigenvalue weighted by atomic mass is 16.2. The van der Waals surface area contributed by atoms with Crippen molar-refractivity contribution in [2.45, 2.75) is 6.92 Å². The first-order valence-electron chi connectivity index (χ1n) is 8.08. The second-order valence-electron chi connectivity index (χ2n) is 5.96. The monoisotopic (exact) mass is 327 g/mol. The van der Waals surface area contributed by atoms with Crippen LogP contribution in [-0.2, 0) is 4.79 Å². The van der Waals surface area contributed by atoms with E-state index >= 15 is 0 Å². The standard InChI is InChI=1S/C21H17N3O/c1-14(25)24(22)16-12-10-15(11-13-16)21-17-6-2-4-8-19(17)23-20-9-5-3-7-18(20)21/h2-13H,22H2,1H3. The van der Waals surface area contributed by atoms with Gasteiger partial charge in [0, 0.05) is 23.3 Å². The van der Waals surface area contributed by atoms with Gasteiger partial charge in [0.1, 0.15) is 0 Å². The van der Waals surface area contributed by atoms with Crippen LogP contribution in [0.4, 0.5) is 5.69 Å². The van der Waals surface area contributed by atoms with E-state index in [1.807, 2.05) is 60.7 Å². The Morgan fingerprint density at radius 3 is 1.88 bits per heavy atom. The zero-order valence-corrected chi connectivity index (χ0v) is 13.8. The Kier molecular flexibility index (Phi) is 3.67. The van der Waals surface area contributed by atoms with E-state index in [-0.39, 0.29) is 5.91 Å². The number of amides is 1. The van der Waals surface area contributed by atoms with Crippen molar-refractivity contribution in [3.63, 3.8) is 0 Å². The van der Waals surface area contributed by atoms with Crippen molar-refractivity contribution < 1.29 is 4.79 Å². The zero-order chi connectivity index (χ0) is 17.4. The van der Waals surface area contributed by atoms with Gasteiger partial charge in [0.25, 0.3) is 0 Å². The molecule has 122 valence electrons. The topological polar surface area (TPSA) is 59.2 Å². The highest BCUT2D eigenvalue weighted by Gasteiger charge is 2.12. The summed E-state index contributed by atoms with van der Waals surface area (Å²) in [6.45, 7) is 1.44. The smallest absolute Gasteiger partial charge is 0.238 e. The molecule has 2 N–H and O–H groups in total. The molecular weight excluding hydrogens is 310 g/mol. The number of hydrogen-bond donors (Lipinski definition) is 1. The summed E-state index contributed by atoms with van der Waals surface area (Å²) in [5, 5.41) is 3.35. The molecule has 4 nitrogen and oxygen atoms in total. The second kappa shape index (κ2) is 6.00. The summed E-state index contributed by atoms with van der Waals surface area (Å²) >= 11 is 0. The largest absolute Gasteiger partial charge is 0.273 e. The number of carbonyl (C=O) groups is 1. The van der Waals surface area contributed by atoms with Crippen molar-refractivity contribution in [1.82, 2.24) is 4.98 Å². The number of nitrogens with zero attached hydrogens (tertiary/aromatic N) is 2. The molecule has 1 aromatic heterocycles. The number of benzene rings is 3. The molecule has 0 bridgehead atoms. The molecule has 0 fully saturated rings. The summed E-state index contributed by atoms with van der Waals surface area (Å²) in [5.41, 5.74) is 4.79. The number of carbonyl (C=O) groups excluding carboxylic acids is 1. The number of hydrazine groups is 1. The molecule has 4 aromatic rings. The Balaban J connectivity index is 1.97. The zero-order valence-electron chi connectivity index (χ0n) is 13.8. The number of anilines is 1. The summed E-state index contributed by atoms with van der Waals surface area (Å²) in [4.78, 5) is 16.2. The molecule has 4 heteroatoms. The summed E-state index contributed by atoms with van der Waals surface area (Å²) in [5.74, 6) is 5.58. The van der Waals surface area contributed by atoms with Crippen molar-refractivity contribution in [1.29, 1.82) is 0 Å². The maximum absolute atomic E-state index is 11.4. The third kappa shape index (κ3) is 2.62. The lowest BCUT2D eigenvalue weighted by atomic mass is 9.96. The fraction of sp³-hybridized carbons (Fsp3) is 0.0476. The number of aromatic nitrogens is 1. The number of nitrogens with two attached hydrogens (primary N) is 1. The molecule has 3 aromatic carbocycles. The van der Waals surface area contributed by atoms with Gasteiger partial charge in [-0.1, -0.05) is 48.5 Å². The lowest BCUT2D eigenvalue weighted by Gasteiger charge is -2.16. The molecule has 1 amide bonds. The van der Waals surface area contributed by atoms with Crippen LogP contribution in [0.1, 0.15) is 6.92 Å². The maximum atomic E-state index is 11.4. The molecular formula is C21H17N3O. The van der Waals surface area contributed by atoms with Gasteiger partial charge in [-0.05, 0) is 29.8 Å². The third-order valence-corrected chi connectivity index (χ3v) is 4.36. The third-order valence-electron chi connectivity index (χ3n) is 4.36. The van der Waals surface area contributed by atoms with E-state index in [4.69, 9.17) is 10.8 Å². The summed E-state index contributed by atoms with van der Waals surface area (Å²) < 4.78 is 0. The first-order chi connectivity index (χ1) is 12.1. The normalized spacial score (nSPS) is 11.0. The maximum Gasteiger partial charge on any atom is 0.238 e. The predicted molar refractivity (Wildman–Crippen MR) is 102 cm³/mol. The van der Waals surface area contributed by atoms with Crippen LogP contribution in [0.15, 0.2) is 72.8 Å². The molecule has 4 rings (SSSR count). The van der Waals surface area contributed by atoms with Crippen LogP contribution in [0.5, 0.6) is 0 Å². The molecule has 0 unspecified atom stereocenters. The minimum atomic E-state index is -0.201. The number of para-hydroxylation sites is 2. The van der Waals surface area contributed by atoms with E-state index in [2.05, 4.69) is 12.1 Å². The highest BCUT2D eigenvalue weighted by molar-refractivity contribution is 6.09. The van der Waals surface area contributed by atoms with Gasteiger partial charge in [0.2, 0.25) is 5.91 Å². The van der Waals surface area contributed by atoms with Gasteiger partial charge in [0.05, 0.1) is 16.7 Å². The average Bonchev–Trinajstić information content (AvgIpc) is 2.65. The van der Waals surface area contributed by atoms with E-state index in [1.165, 1.54) is 6.92 Å².